The summed E-state index contributed by atoms with van der Waals surface area (Å²) in [5.41, 5.74) is 7.06. The van der Waals surface area contributed by atoms with E-state index in [2.05, 4.69) is 5.32 Å². The number of furan rings is 1. The van der Waals surface area contributed by atoms with E-state index in [1.165, 1.54) is 19.3 Å². The number of fused-ring (bicyclic) bond motifs is 3. The first-order valence-corrected chi connectivity index (χ1v) is 9.21. The molecule has 2 bridgehead atoms. The highest BCUT2D eigenvalue weighted by molar-refractivity contribution is 5.79. The quantitative estimate of drug-likeness (QED) is 0.905. The Morgan fingerprint density at radius 1 is 1.21 bits per heavy atom. The minimum absolute atomic E-state index is 0.146. The first-order valence-electron chi connectivity index (χ1n) is 9.21. The van der Waals surface area contributed by atoms with Gasteiger partial charge in [0.2, 0.25) is 5.91 Å². The van der Waals surface area contributed by atoms with Crippen LogP contribution < -0.4 is 11.1 Å². The number of hydrogen-bond acceptors (Lipinski definition) is 3. The lowest BCUT2D eigenvalue weighted by molar-refractivity contribution is -0.123. The van der Waals surface area contributed by atoms with E-state index in [0.717, 1.165) is 29.6 Å². The molecule has 2 fully saturated rings. The fourth-order valence-electron chi connectivity index (χ4n) is 4.68. The second-order valence-electron chi connectivity index (χ2n) is 7.53. The van der Waals surface area contributed by atoms with Crippen LogP contribution in [0.25, 0.3) is 11.0 Å². The van der Waals surface area contributed by atoms with E-state index < -0.39 is 0 Å². The summed E-state index contributed by atoms with van der Waals surface area (Å²) in [6.45, 7) is 0. The fourth-order valence-corrected chi connectivity index (χ4v) is 4.68. The highest BCUT2D eigenvalue weighted by Gasteiger charge is 2.39. The Bertz CT molecular complexity index is 676. The minimum Gasteiger partial charge on any atom is -0.461 e. The summed E-state index contributed by atoms with van der Waals surface area (Å²) in [4.78, 5) is 12.4. The third kappa shape index (κ3) is 3.20. The molecule has 1 heterocycles. The molecule has 2 unspecified atom stereocenters. The predicted molar refractivity (Wildman–Crippen MR) is 94.5 cm³/mol. The molecule has 2 saturated carbocycles. The third-order valence-electron chi connectivity index (χ3n) is 5.78. The average Bonchev–Trinajstić information content (AvgIpc) is 2.97. The Balaban J connectivity index is 1.35. The topological polar surface area (TPSA) is 68.3 Å². The zero-order valence-corrected chi connectivity index (χ0v) is 14.0. The van der Waals surface area contributed by atoms with Crippen molar-refractivity contribution in [1.29, 1.82) is 0 Å². The van der Waals surface area contributed by atoms with E-state index in [0.29, 0.717) is 36.8 Å². The van der Waals surface area contributed by atoms with Crippen molar-refractivity contribution in [3.05, 3.63) is 36.1 Å². The molecule has 0 saturated heterocycles. The van der Waals surface area contributed by atoms with Gasteiger partial charge in [-0.25, -0.2) is 0 Å². The summed E-state index contributed by atoms with van der Waals surface area (Å²) < 4.78 is 5.80. The van der Waals surface area contributed by atoms with Crippen LogP contribution in [0.5, 0.6) is 0 Å². The molecule has 2 aliphatic rings. The molecule has 1 amide bonds. The van der Waals surface area contributed by atoms with Gasteiger partial charge in [0.25, 0.3) is 0 Å². The number of nitrogens with one attached hydrogen (secondary N) is 1. The Hall–Kier alpha value is -1.81. The van der Waals surface area contributed by atoms with Gasteiger partial charge in [0.1, 0.15) is 11.3 Å². The standard InChI is InChI=1S/C20H26N2O2/c21-16-10-14-5-3-6-15(11-16)20(14)22-19(23)9-8-17-12-13-4-1-2-7-18(13)24-17/h1-2,4,7,12,14-16,20H,3,5-6,8-11,21H2,(H,22,23). The number of rotatable bonds is 4. The number of nitrogens with two attached hydrogens (primary N) is 1. The van der Waals surface area contributed by atoms with Gasteiger partial charge in [-0.2, -0.15) is 0 Å². The first kappa shape index (κ1) is 15.7. The zero-order chi connectivity index (χ0) is 16.5. The van der Waals surface area contributed by atoms with E-state index in [-0.39, 0.29) is 5.91 Å². The summed E-state index contributed by atoms with van der Waals surface area (Å²) in [7, 11) is 0. The molecule has 4 rings (SSSR count). The number of hydrogen-bond donors (Lipinski definition) is 2. The van der Waals surface area contributed by atoms with Crippen LogP contribution in [-0.2, 0) is 11.2 Å². The monoisotopic (exact) mass is 326 g/mol. The van der Waals surface area contributed by atoms with Crippen LogP contribution in [0.1, 0.15) is 44.3 Å². The van der Waals surface area contributed by atoms with E-state index in [9.17, 15) is 4.79 Å². The molecule has 3 N–H and O–H groups in total. The van der Waals surface area contributed by atoms with Crippen molar-refractivity contribution in [2.45, 2.75) is 57.0 Å². The van der Waals surface area contributed by atoms with Gasteiger partial charge >= 0.3 is 0 Å². The van der Waals surface area contributed by atoms with Gasteiger partial charge in [-0.3, -0.25) is 4.79 Å². The Kier molecular flexibility index (Phi) is 4.31. The molecule has 0 spiro atoms. The maximum absolute atomic E-state index is 12.4. The van der Waals surface area contributed by atoms with Gasteiger partial charge < -0.3 is 15.5 Å². The summed E-state index contributed by atoms with van der Waals surface area (Å²) in [6.07, 6.45) is 6.96. The smallest absolute Gasteiger partial charge is 0.220 e. The number of benzene rings is 1. The zero-order valence-electron chi connectivity index (χ0n) is 14.0. The third-order valence-corrected chi connectivity index (χ3v) is 5.78. The van der Waals surface area contributed by atoms with E-state index in [1.54, 1.807) is 0 Å². The second-order valence-corrected chi connectivity index (χ2v) is 7.53. The minimum atomic E-state index is 0.146. The van der Waals surface area contributed by atoms with Crippen LogP contribution >= 0.6 is 0 Å². The molecule has 2 aliphatic carbocycles. The van der Waals surface area contributed by atoms with E-state index in [4.69, 9.17) is 10.2 Å². The highest BCUT2D eigenvalue weighted by atomic mass is 16.3. The number of carbonyl (C=O) groups is 1. The van der Waals surface area contributed by atoms with Crippen LogP contribution in [0.2, 0.25) is 0 Å². The van der Waals surface area contributed by atoms with Crippen molar-refractivity contribution >= 4 is 16.9 Å². The van der Waals surface area contributed by atoms with Gasteiger partial charge in [0.15, 0.2) is 0 Å². The molecule has 1 aromatic heterocycles. The predicted octanol–water partition coefficient (Wildman–Crippen LogP) is 3.39. The van der Waals surface area contributed by atoms with Crippen molar-refractivity contribution in [1.82, 2.24) is 5.32 Å². The molecule has 4 nitrogen and oxygen atoms in total. The lowest BCUT2D eigenvalue weighted by Crippen LogP contribution is -2.53. The summed E-state index contributed by atoms with van der Waals surface area (Å²) in [5, 5.41) is 4.41. The average molecular weight is 326 g/mol. The summed E-state index contributed by atoms with van der Waals surface area (Å²) in [5.74, 6) is 2.18. The van der Waals surface area contributed by atoms with E-state index >= 15 is 0 Å². The van der Waals surface area contributed by atoms with Crippen molar-refractivity contribution in [3.63, 3.8) is 0 Å². The van der Waals surface area contributed by atoms with Crippen LogP contribution in [-0.4, -0.2) is 18.0 Å². The normalized spacial score (nSPS) is 29.5. The summed E-state index contributed by atoms with van der Waals surface area (Å²) >= 11 is 0. The van der Waals surface area contributed by atoms with Gasteiger partial charge in [-0.15, -0.1) is 0 Å². The molecule has 2 aromatic rings. The van der Waals surface area contributed by atoms with E-state index in [1.807, 2.05) is 30.3 Å². The molecule has 2 atom stereocenters. The van der Waals surface area contributed by atoms with Crippen LogP contribution in [0.15, 0.2) is 34.7 Å². The lowest BCUT2D eigenvalue weighted by Gasteiger charge is -2.45. The highest BCUT2D eigenvalue weighted by Crippen LogP contribution is 2.39. The molecular weight excluding hydrogens is 300 g/mol. The van der Waals surface area contributed by atoms with Gasteiger partial charge in [0, 0.05) is 30.3 Å². The van der Waals surface area contributed by atoms with Crippen LogP contribution in [0.3, 0.4) is 0 Å². The second kappa shape index (κ2) is 6.60. The lowest BCUT2D eigenvalue weighted by atomic mass is 9.67. The molecule has 128 valence electrons. The van der Waals surface area contributed by atoms with Gasteiger partial charge in [0.05, 0.1) is 0 Å². The summed E-state index contributed by atoms with van der Waals surface area (Å²) in [6, 6.07) is 10.7. The maximum Gasteiger partial charge on any atom is 0.220 e. The van der Waals surface area contributed by atoms with Crippen molar-refractivity contribution in [2.24, 2.45) is 17.6 Å². The maximum atomic E-state index is 12.4. The Morgan fingerprint density at radius 2 is 1.96 bits per heavy atom. The molecular formula is C20H26N2O2. The fraction of sp³-hybridized carbons (Fsp3) is 0.550. The Morgan fingerprint density at radius 3 is 2.71 bits per heavy atom. The molecule has 1 aromatic carbocycles. The van der Waals surface area contributed by atoms with Crippen LogP contribution in [0, 0.1) is 11.8 Å². The van der Waals surface area contributed by atoms with Crippen molar-refractivity contribution in [3.8, 4) is 0 Å². The molecule has 4 heteroatoms. The number of para-hydroxylation sites is 1. The van der Waals surface area contributed by atoms with Crippen molar-refractivity contribution in [2.75, 3.05) is 0 Å². The van der Waals surface area contributed by atoms with Gasteiger partial charge in [-0.05, 0) is 49.7 Å². The molecule has 0 aliphatic heterocycles. The SMILES string of the molecule is NC1CC2CCCC(C1)C2NC(=O)CCc1cc2ccccc2o1. The number of carbonyl (C=O) groups excluding carboxylic acids is 1. The Labute approximate surface area is 142 Å². The molecule has 0 radical (unpaired) electrons. The number of aryl methyl sites for hydroxylation is 1. The van der Waals surface area contributed by atoms with Crippen molar-refractivity contribution < 1.29 is 9.21 Å². The number of amides is 1. The van der Waals surface area contributed by atoms with Crippen LogP contribution in [0.4, 0.5) is 0 Å². The van der Waals surface area contributed by atoms with Gasteiger partial charge in [-0.1, -0.05) is 24.6 Å². The first-order chi connectivity index (χ1) is 11.7. The largest absolute Gasteiger partial charge is 0.461 e. The molecule has 24 heavy (non-hydrogen) atoms.